The summed E-state index contributed by atoms with van der Waals surface area (Å²) in [5.41, 5.74) is 9.45. The Morgan fingerprint density at radius 2 is 1.95 bits per heavy atom. The van der Waals surface area contributed by atoms with Crippen LogP contribution in [-0.2, 0) is 6.61 Å². The van der Waals surface area contributed by atoms with Gasteiger partial charge in [-0.2, -0.15) is 0 Å². The average molecular weight is 349 g/mol. The van der Waals surface area contributed by atoms with Crippen LogP contribution in [0.1, 0.15) is 22.3 Å². The van der Waals surface area contributed by atoms with Crippen molar-refractivity contribution >= 4 is 21.8 Å². The zero-order valence-corrected chi connectivity index (χ0v) is 13.5. The molecule has 5 heteroatoms. The van der Waals surface area contributed by atoms with E-state index in [2.05, 4.69) is 21.1 Å². The third kappa shape index (κ3) is 3.76. The minimum absolute atomic E-state index is 0.106. The summed E-state index contributed by atoms with van der Waals surface area (Å²) in [6.07, 6.45) is 0. The molecule has 0 heterocycles. The van der Waals surface area contributed by atoms with Gasteiger partial charge >= 0.3 is 0 Å². The normalized spacial score (nSPS) is 11.5. The fourth-order valence-electron chi connectivity index (χ4n) is 2.01. The molecule has 2 rings (SSSR count). The summed E-state index contributed by atoms with van der Waals surface area (Å²) in [4.78, 5) is 0. The lowest BCUT2D eigenvalue weighted by atomic mass is 10.1. The van der Waals surface area contributed by atoms with Gasteiger partial charge in [-0.25, -0.2) is 0 Å². The largest absolute Gasteiger partial charge is 0.489 e. The number of halogens is 1. The second-order valence-corrected chi connectivity index (χ2v) is 5.74. The summed E-state index contributed by atoms with van der Waals surface area (Å²) in [6, 6.07) is 11.5. The third-order valence-electron chi connectivity index (χ3n) is 3.27. The van der Waals surface area contributed by atoms with Gasteiger partial charge in [-0.15, -0.1) is 0 Å². The zero-order valence-electron chi connectivity index (χ0n) is 11.9. The number of oxime groups is 1. The smallest absolute Gasteiger partial charge is 0.170 e. The highest BCUT2D eigenvalue weighted by atomic mass is 79.9. The molecule has 0 aliphatic carbocycles. The summed E-state index contributed by atoms with van der Waals surface area (Å²) in [5.74, 6) is 0.965. The molecule has 0 aliphatic heterocycles. The SMILES string of the molecule is Cc1cc(/C(N)=N/O)ccc1COc1ccc(Br)cc1C. The second-order valence-electron chi connectivity index (χ2n) is 4.82. The minimum atomic E-state index is 0.106. The molecular weight excluding hydrogens is 332 g/mol. The Balaban J connectivity index is 2.13. The van der Waals surface area contributed by atoms with Crippen molar-refractivity contribution in [3.05, 3.63) is 63.1 Å². The summed E-state index contributed by atoms with van der Waals surface area (Å²) >= 11 is 3.43. The Morgan fingerprint density at radius 1 is 1.19 bits per heavy atom. The van der Waals surface area contributed by atoms with Crippen LogP contribution in [0.2, 0.25) is 0 Å². The maximum absolute atomic E-state index is 8.69. The van der Waals surface area contributed by atoms with E-state index in [0.717, 1.165) is 26.9 Å². The predicted octanol–water partition coefficient (Wildman–Crippen LogP) is 3.74. The molecule has 0 unspecified atom stereocenters. The summed E-state index contributed by atoms with van der Waals surface area (Å²) < 4.78 is 6.89. The van der Waals surface area contributed by atoms with Gasteiger partial charge in [0.05, 0.1) is 0 Å². The van der Waals surface area contributed by atoms with Crippen molar-refractivity contribution in [3.8, 4) is 5.75 Å². The Labute approximate surface area is 132 Å². The van der Waals surface area contributed by atoms with Crippen LogP contribution in [0.4, 0.5) is 0 Å². The Morgan fingerprint density at radius 3 is 2.57 bits per heavy atom. The molecule has 21 heavy (non-hydrogen) atoms. The topological polar surface area (TPSA) is 67.8 Å². The minimum Gasteiger partial charge on any atom is -0.489 e. The molecule has 0 bridgehead atoms. The van der Waals surface area contributed by atoms with E-state index in [1.54, 1.807) is 0 Å². The molecule has 110 valence electrons. The van der Waals surface area contributed by atoms with E-state index in [-0.39, 0.29) is 5.84 Å². The number of hydrogen-bond donors (Lipinski definition) is 2. The Kier molecular flexibility index (Phi) is 4.85. The summed E-state index contributed by atoms with van der Waals surface area (Å²) in [6.45, 7) is 4.46. The summed E-state index contributed by atoms with van der Waals surface area (Å²) in [7, 11) is 0. The van der Waals surface area contributed by atoms with E-state index >= 15 is 0 Å². The van der Waals surface area contributed by atoms with E-state index < -0.39 is 0 Å². The second kappa shape index (κ2) is 6.63. The van der Waals surface area contributed by atoms with Crippen molar-refractivity contribution in [1.82, 2.24) is 0 Å². The first kappa shape index (κ1) is 15.4. The molecule has 0 aliphatic rings. The van der Waals surface area contributed by atoms with Gasteiger partial charge in [0.2, 0.25) is 0 Å². The Bertz CT molecular complexity index is 684. The van der Waals surface area contributed by atoms with Crippen LogP contribution in [0, 0.1) is 13.8 Å². The molecule has 0 saturated heterocycles. The zero-order chi connectivity index (χ0) is 15.4. The van der Waals surface area contributed by atoms with Gasteiger partial charge in [0.25, 0.3) is 0 Å². The number of benzene rings is 2. The standard InChI is InChI=1S/C16H17BrN2O2/c1-10-7-12(16(18)19-20)3-4-13(10)9-21-15-6-5-14(17)8-11(15)2/h3-8,20H,9H2,1-2H3,(H2,18,19). The predicted molar refractivity (Wildman–Crippen MR) is 86.9 cm³/mol. The van der Waals surface area contributed by atoms with Crippen molar-refractivity contribution < 1.29 is 9.94 Å². The van der Waals surface area contributed by atoms with Crippen LogP contribution >= 0.6 is 15.9 Å². The molecule has 0 saturated carbocycles. The van der Waals surface area contributed by atoms with E-state index in [9.17, 15) is 0 Å². The van der Waals surface area contributed by atoms with Gasteiger partial charge in [-0.1, -0.05) is 33.2 Å². The number of nitrogens with zero attached hydrogens (tertiary/aromatic N) is 1. The number of aryl methyl sites for hydroxylation is 2. The molecular formula is C16H17BrN2O2. The first-order valence-corrected chi connectivity index (χ1v) is 7.27. The highest BCUT2D eigenvalue weighted by Crippen LogP contribution is 2.23. The molecule has 2 aromatic rings. The van der Waals surface area contributed by atoms with Crippen molar-refractivity contribution in [2.45, 2.75) is 20.5 Å². The van der Waals surface area contributed by atoms with Gasteiger partial charge in [0, 0.05) is 10.0 Å². The molecule has 0 radical (unpaired) electrons. The fraction of sp³-hybridized carbons (Fsp3) is 0.188. The summed E-state index contributed by atoms with van der Waals surface area (Å²) in [5, 5.41) is 11.7. The van der Waals surface area contributed by atoms with Crippen molar-refractivity contribution in [1.29, 1.82) is 0 Å². The van der Waals surface area contributed by atoms with Crippen LogP contribution in [0.15, 0.2) is 46.0 Å². The van der Waals surface area contributed by atoms with Crippen LogP contribution in [-0.4, -0.2) is 11.0 Å². The number of rotatable bonds is 4. The lowest BCUT2D eigenvalue weighted by Gasteiger charge is -2.12. The van der Waals surface area contributed by atoms with Crippen LogP contribution in [0.3, 0.4) is 0 Å². The van der Waals surface area contributed by atoms with Crippen molar-refractivity contribution in [3.63, 3.8) is 0 Å². The third-order valence-corrected chi connectivity index (χ3v) is 3.76. The highest BCUT2D eigenvalue weighted by Gasteiger charge is 2.06. The van der Waals surface area contributed by atoms with Gasteiger partial charge in [0.15, 0.2) is 5.84 Å². The highest BCUT2D eigenvalue weighted by molar-refractivity contribution is 9.10. The number of hydrogen-bond acceptors (Lipinski definition) is 3. The molecule has 2 aromatic carbocycles. The molecule has 0 atom stereocenters. The van der Waals surface area contributed by atoms with Crippen LogP contribution < -0.4 is 10.5 Å². The molecule has 3 N–H and O–H groups in total. The molecule has 0 fully saturated rings. The van der Waals surface area contributed by atoms with E-state index in [0.29, 0.717) is 12.2 Å². The van der Waals surface area contributed by atoms with Crippen LogP contribution in [0.25, 0.3) is 0 Å². The lowest BCUT2D eigenvalue weighted by molar-refractivity contribution is 0.303. The average Bonchev–Trinajstić information content (AvgIpc) is 2.46. The van der Waals surface area contributed by atoms with Crippen LogP contribution in [0.5, 0.6) is 5.75 Å². The maximum Gasteiger partial charge on any atom is 0.170 e. The monoisotopic (exact) mass is 348 g/mol. The van der Waals surface area contributed by atoms with E-state index in [1.807, 2.05) is 50.2 Å². The lowest BCUT2D eigenvalue weighted by Crippen LogP contribution is -2.13. The molecule has 0 aromatic heterocycles. The van der Waals surface area contributed by atoms with Crippen molar-refractivity contribution in [2.24, 2.45) is 10.9 Å². The van der Waals surface area contributed by atoms with Gasteiger partial charge < -0.3 is 15.7 Å². The first-order valence-electron chi connectivity index (χ1n) is 6.47. The maximum atomic E-state index is 8.69. The van der Waals surface area contributed by atoms with Gasteiger partial charge in [-0.3, -0.25) is 0 Å². The first-order chi connectivity index (χ1) is 10.0. The van der Waals surface area contributed by atoms with Crippen molar-refractivity contribution in [2.75, 3.05) is 0 Å². The molecule has 0 spiro atoms. The molecule has 0 amide bonds. The van der Waals surface area contributed by atoms with E-state index in [4.69, 9.17) is 15.7 Å². The van der Waals surface area contributed by atoms with Gasteiger partial charge in [0.1, 0.15) is 12.4 Å². The van der Waals surface area contributed by atoms with Gasteiger partial charge in [-0.05, 0) is 54.8 Å². The molecule has 4 nitrogen and oxygen atoms in total. The Hall–Kier alpha value is -2.01. The quantitative estimate of drug-likeness (QED) is 0.382. The number of ether oxygens (including phenoxy) is 1. The fourth-order valence-corrected chi connectivity index (χ4v) is 2.48. The van der Waals surface area contributed by atoms with E-state index in [1.165, 1.54) is 0 Å². The number of amidine groups is 1. The number of nitrogens with two attached hydrogens (primary N) is 1.